The lowest BCUT2D eigenvalue weighted by Crippen LogP contribution is -2.37. The Labute approximate surface area is 248 Å². The Morgan fingerprint density at radius 3 is 1.10 bits per heavy atom. The number of hydrogen-bond acceptors (Lipinski definition) is 7. The summed E-state index contributed by atoms with van der Waals surface area (Å²) >= 11 is 0. The molecule has 7 nitrogen and oxygen atoms in total. The Bertz CT molecular complexity index is 1260. The average Bonchev–Trinajstić information content (AvgIpc) is 3.59. The molecule has 1 heterocycles. The van der Waals surface area contributed by atoms with E-state index in [0.29, 0.717) is 27.0 Å². The zero-order valence-corrected chi connectivity index (χ0v) is 25.3. The van der Waals surface area contributed by atoms with Crippen LogP contribution >= 0.6 is 15.4 Å². The number of benzene rings is 4. The van der Waals surface area contributed by atoms with Crippen molar-refractivity contribution in [3.05, 3.63) is 145 Å². The van der Waals surface area contributed by atoms with E-state index < -0.39 is 27.0 Å². The molecule has 42 heavy (non-hydrogen) atoms. The molecule has 2 unspecified atom stereocenters. The largest absolute Gasteiger partial charge is 0.469 e. The van der Waals surface area contributed by atoms with Gasteiger partial charge < -0.3 is 14.6 Å². The molecule has 0 amide bonds. The maximum absolute atomic E-state index is 10.1. The van der Waals surface area contributed by atoms with Crippen LogP contribution in [-0.4, -0.2) is 42.5 Å². The van der Waals surface area contributed by atoms with Gasteiger partial charge in [0.05, 0.1) is 24.4 Å². The molecule has 5 rings (SSSR count). The predicted molar refractivity (Wildman–Crippen MR) is 172 cm³/mol. The molecular weight excluding hydrogens is 570 g/mol. The maximum atomic E-state index is 10.1. The highest BCUT2D eigenvalue weighted by molar-refractivity contribution is 7.79. The molecule has 0 saturated heterocycles. The molecule has 0 aliphatic carbocycles. The lowest BCUT2D eigenvalue weighted by atomic mass is 9.83. The molecule has 0 bridgehead atoms. The third kappa shape index (κ3) is 8.42. The van der Waals surface area contributed by atoms with Gasteiger partial charge in [0.15, 0.2) is 21.2 Å². The monoisotopic (exact) mass is 608 g/mol. The topological polar surface area (TPSA) is 135 Å². The lowest BCUT2D eigenvalue weighted by molar-refractivity contribution is 0.0481. The predicted octanol–water partition coefficient (Wildman–Crippen LogP) is 3.85. The van der Waals surface area contributed by atoms with Gasteiger partial charge in [-0.25, -0.2) is 19.6 Å². The minimum atomic E-state index is -3.15. The molecule has 9 heteroatoms. The summed E-state index contributed by atoms with van der Waals surface area (Å²) in [7, 11) is -6.29. The highest BCUT2D eigenvalue weighted by Gasteiger charge is 2.40. The molecular formula is C33H38O7P2+2. The van der Waals surface area contributed by atoms with E-state index >= 15 is 0 Å². The Morgan fingerprint density at radius 1 is 0.571 bits per heavy atom. The van der Waals surface area contributed by atoms with Gasteiger partial charge in [0.2, 0.25) is 0 Å². The summed E-state index contributed by atoms with van der Waals surface area (Å²) in [6, 6.07) is 39.3. The molecule has 4 aromatic carbocycles. The van der Waals surface area contributed by atoms with Crippen LogP contribution in [0, 0.1) is 0 Å². The van der Waals surface area contributed by atoms with Crippen molar-refractivity contribution in [2.45, 2.75) is 25.4 Å². The third-order valence-corrected chi connectivity index (χ3v) is 10.9. The van der Waals surface area contributed by atoms with Crippen molar-refractivity contribution >= 4 is 36.7 Å². The van der Waals surface area contributed by atoms with Crippen LogP contribution in [0.25, 0.3) is 0 Å². The quantitative estimate of drug-likeness (QED) is 0.155. The smallest absolute Gasteiger partial charge is 0.333 e. The molecule has 220 valence electrons. The van der Waals surface area contributed by atoms with Crippen molar-refractivity contribution in [2.24, 2.45) is 0 Å². The van der Waals surface area contributed by atoms with E-state index in [4.69, 9.17) is 9.52 Å². The van der Waals surface area contributed by atoms with Crippen LogP contribution in [0.4, 0.5) is 0 Å². The second-order valence-electron chi connectivity index (χ2n) is 9.77. The summed E-state index contributed by atoms with van der Waals surface area (Å²) in [5.41, 5.74) is -0.691. The second-order valence-corrected chi connectivity index (χ2v) is 14.2. The molecule has 0 spiro atoms. The van der Waals surface area contributed by atoms with Crippen LogP contribution in [-0.2, 0) is 5.41 Å². The first kappa shape index (κ1) is 33.3. The van der Waals surface area contributed by atoms with Gasteiger partial charge >= 0.3 is 15.4 Å². The second kappa shape index (κ2) is 15.3. The van der Waals surface area contributed by atoms with E-state index in [0.717, 1.165) is 0 Å². The first-order valence-corrected chi connectivity index (χ1v) is 16.7. The summed E-state index contributed by atoms with van der Waals surface area (Å²) in [4.78, 5) is 40.5. The van der Waals surface area contributed by atoms with Crippen molar-refractivity contribution in [1.29, 1.82) is 0 Å². The highest BCUT2D eigenvalue weighted by atomic mass is 31.2. The van der Waals surface area contributed by atoms with E-state index in [1.54, 1.807) is 123 Å². The van der Waals surface area contributed by atoms with Crippen LogP contribution in [0.1, 0.15) is 19.6 Å². The van der Waals surface area contributed by atoms with E-state index in [-0.39, 0.29) is 6.61 Å². The molecule has 2 atom stereocenters. The first-order chi connectivity index (χ1) is 20.0. The third-order valence-electron chi connectivity index (χ3n) is 6.80. The number of furan rings is 1. The molecule has 0 aliphatic rings. The standard InChI is InChI=1S/2C12H12O2P.C9H14O3/c2*13-15(14,11-7-3-1-4-8-11)12-9-5-2-6-10-12;1-7(11)9(2,6-10)8-4-3-5-12-8/h2*1-10,13-14H;3-5,7,10-11H,6H2,1-2H3/q2*+1;. The van der Waals surface area contributed by atoms with Gasteiger partial charge in [0.1, 0.15) is 5.76 Å². The van der Waals surface area contributed by atoms with Gasteiger partial charge in [-0.2, -0.15) is 0 Å². The van der Waals surface area contributed by atoms with E-state index in [2.05, 4.69) is 0 Å². The van der Waals surface area contributed by atoms with Crippen molar-refractivity contribution in [3.63, 3.8) is 0 Å². The zero-order chi connectivity index (χ0) is 30.6. The van der Waals surface area contributed by atoms with Crippen molar-refractivity contribution in [1.82, 2.24) is 0 Å². The fourth-order valence-corrected chi connectivity index (χ4v) is 6.81. The lowest BCUT2D eigenvalue weighted by Gasteiger charge is -2.27. The van der Waals surface area contributed by atoms with Crippen LogP contribution < -0.4 is 21.2 Å². The molecule has 0 radical (unpaired) electrons. The molecule has 6 N–H and O–H groups in total. The average molecular weight is 609 g/mol. The van der Waals surface area contributed by atoms with Gasteiger partial charge in [0.25, 0.3) is 0 Å². The minimum absolute atomic E-state index is 0.127. The molecule has 0 fully saturated rings. The van der Waals surface area contributed by atoms with Crippen molar-refractivity contribution < 1.29 is 34.2 Å². The van der Waals surface area contributed by atoms with E-state index in [1.165, 1.54) is 6.26 Å². The number of rotatable bonds is 7. The fraction of sp³-hybridized carbons (Fsp3) is 0.152. The minimum Gasteiger partial charge on any atom is -0.469 e. The zero-order valence-electron chi connectivity index (χ0n) is 23.5. The maximum Gasteiger partial charge on any atom is 0.333 e. The highest BCUT2D eigenvalue weighted by Crippen LogP contribution is 2.47. The Morgan fingerprint density at radius 2 is 0.881 bits per heavy atom. The normalized spacial score (nSPS) is 13.4. The van der Waals surface area contributed by atoms with Gasteiger partial charge in [0, 0.05) is 0 Å². The fourth-order valence-electron chi connectivity index (χ4n) is 3.86. The number of aliphatic hydroxyl groups is 2. The number of hydrogen-bond donors (Lipinski definition) is 6. The van der Waals surface area contributed by atoms with Gasteiger partial charge in [-0.05, 0) is 74.5 Å². The van der Waals surface area contributed by atoms with Crippen LogP contribution in [0.3, 0.4) is 0 Å². The van der Waals surface area contributed by atoms with Crippen LogP contribution in [0.15, 0.2) is 144 Å². The summed E-state index contributed by atoms with van der Waals surface area (Å²) in [5.74, 6) is 0.611. The van der Waals surface area contributed by atoms with Crippen molar-refractivity contribution in [2.75, 3.05) is 6.61 Å². The van der Waals surface area contributed by atoms with Gasteiger partial charge in [-0.1, -0.05) is 72.8 Å². The van der Waals surface area contributed by atoms with E-state index in [9.17, 15) is 24.7 Å². The Hall–Kier alpha value is -3.22. The van der Waals surface area contributed by atoms with Gasteiger partial charge in [-0.15, -0.1) is 0 Å². The molecule has 1 aromatic heterocycles. The van der Waals surface area contributed by atoms with E-state index in [1.807, 2.05) is 24.3 Å². The first-order valence-electron chi connectivity index (χ1n) is 13.3. The molecule has 5 aromatic rings. The number of aliphatic hydroxyl groups excluding tert-OH is 2. The van der Waals surface area contributed by atoms with Gasteiger partial charge in [-0.3, -0.25) is 0 Å². The Kier molecular flexibility index (Phi) is 12.1. The Balaban J connectivity index is 0.000000174. The SMILES string of the molecule is CC(O)C(C)(CO)c1ccco1.O[P+](O)(c1ccccc1)c1ccccc1.O[P+](O)(c1ccccc1)c1ccccc1. The summed E-state index contributed by atoms with van der Waals surface area (Å²) in [6.45, 7) is 3.27. The summed E-state index contributed by atoms with van der Waals surface area (Å²) in [6.07, 6.45) is 0.902. The summed E-state index contributed by atoms with van der Waals surface area (Å²) < 4.78 is 5.13. The van der Waals surface area contributed by atoms with Crippen molar-refractivity contribution in [3.8, 4) is 0 Å². The van der Waals surface area contributed by atoms with Crippen LogP contribution in [0.2, 0.25) is 0 Å². The summed E-state index contributed by atoms with van der Waals surface area (Å²) in [5, 5.41) is 20.8. The van der Waals surface area contributed by atoms with Crippen LogP contribution in [0.5, 0.6) is 0 Å². The molecule has 0 saturated carbocycles. The molecule has 0 aliphatic heterocycles.